The maximum Gasteiger partial charge on any atom is 0.264 e. The molecule has 3 aromatic rings. The summed E-state index contributed by atoms with van der Waals surface area (Å²) in [5, 5.41) is 13.4. The number of hydrogen-bond donors (Lipinski definition) is 2. The maximum absolute atomic E-state index is 12.6. The van der Waals surface area contributed by atoms with E-state index in [-0.39, 0.29) is 11.4 Å². The van der Waals surface area contributed by atoms with Gasteiger partial charge in [-0.1, -0.05) is 12.1 Å². The van der Waals surface area contributed by atoms with Gasteiger partial charge < -0.3 is 4.98 Å². The van der Waals surface area contributed by atoms with Crippen LogP contribution < -0.4 is 4.72 Å². The van der Waals surface area contributed by atoms with E-state index < -0.39 is 10.0 Å². The lowest BCUT2D eigenvalue weighted by Crippen LogP contribution is -2.13. The summed E-state index contributed by atoms with van der Waals surface area (Å²) in [7, 11) is -3.75. The van der Waals surface area contributed by atoms with E-state index >= 15 is 0 Å². The number of H-pyrrole nitrogens is 1. The number of benzene rings is 1. The van der Waals surface area contributed by atoms with Gasteiger partial charge in [-0.25, -0.2) is 8.42 Å². The Labute approximate surface area is 133 Å². The number of hydrogen-bond acceptors (Lipinski definition) is 4. The zero-order valence-corrected chi connectivity index (χ0v) is 13.5. The van der Waals surface area contributed by atoms with Crippen LogP contribution in [-0.2, 0) is 16.6 Å². The third-order valence-electron chi connectivity index (χ3n) is 3.66. The van der Waals surface area contributed by atoms with Crippen LogP contribution in [-0.4, -0.2) is 23.2 Å². The average molecular weight is 329 g/mol. The molecule has 2 N–H and O–H groups in total. The number of aromatic amines is 1. The second-order valence-corrected chi connectivity index (χ2v) is 6.92. The monoisotopic (exact) mass is 329 g/mol. The quantitative estimate of drug-likeness (QED) is 0.766. The second kappa shape index (κ2) is 5.44. The Morgan fingerprint density at radius 1 is 1.39 bits per heavy atom. The third-order valence-corrected chi connectivity index (χ3v) is 5.06. The summed E-state index contributed by atoms with van der Waals surface area (Å²) in [4.78, 5) is 3.16. The van der Waals surface area contributed by atoms with E-state index in [0.717, 1.165) is 11.1 Å². The average Bonchev–Trinajstić information content (AvgIpc) is 3.05. The van der Waals surface area contributed by atoms with Gasteiger partial charge >= 0.3 is 0 Å². The van der Waals surface area contributed by atoms with Crippen LogP contribution >= 0.6 is 0 Å². The molecular formula is C15H15N5O2S. The first-order valence-corrected chi connectivity index (χ1v) is 8.40. The van der Waals surface area contributed by atoms with Crippen molar-refractivity contribution in [1.29, 1.82) is 5.26 Å². The summed E-state index contributed by atoms with van der Waals surface area (Å²) in [6, 6.07) is 7.52. The van der Waals surface area contributed by atoms with Crippen molar-refractivity contribution in [2.75, 3.05) is 4.72 Å². The van der Waals surface area contributed by atoms with Gasteiger partial charge in [0, 0.05) is 17.1 Å². The molecule has 0 fully saturated rings. The van der Waals surface area contributed by atoms with E-state index in [0.29, 0.717) is 16.8 Å². The third kappa shape index (κ3) is 2.66. The molecule has 2 heterocycles. The number of rotatable bonds is 4. The van der Waals surface area contributed by atoms with Crippen molar-refractivity contribution >= 4 is 26.6 Å². The van der Waals surface area contributed by atoms with Crippen molar-refractivity contribution < 1.29 is 8.42 Å². The molecular weight excluding hydrogens is 314 g/mol. The molecule has 0 aliphatic rings. The number of nitriles is 1. The normalized spacial score (nSPS) is 11.5. The minimum Gasteiger partial charge on any atom is -0.360 e. The van der Waals surface area contributed by atoms with Crippen LogP contribution in [0, 0.1) is 25.2 Å². The van der Waals surface area contributed by atoms with Crippen LogP contribution in [0.1, 0.15) is 11.3 Å². The van der Waals surface area contributed by atoms with Gasteiger partial charge in [0.1, 0.15) is 11.4 Å². The number of nitrogens with zero attached hydrogens (tertiary/aromatic N) is 3. The van der Waals surface area contributed by atoms with Gasteiger partial charge in [0.25, 0.3) is 10.0 Å². The SMILES string of the molecule is Cc1ccc2c(S(=O)(=O)Nc3cnn(CC#N)c3C)c[nH]c2c1. The molecule has 0 aliphatic heterocycles. The van der Waals surface area contributed by atoms with E-state index in [1.165, 1.54) is 17.1 Å². The summed E-state index contributed by atoms with van der Waals surface area (Å²) in [5.74, 6) is 0. The smallest absolute Gasteiger partial charge is 0.264 e. The molecule has 0 radical (unpaired) electrons. The summed E-state index contributed by atoms with van der Waals surface area (Å²) >= 11 is 0. The fourth-order valence-electron chi connectivity index (χ4n) is 2.41. The zero-order chi connectivity index (χ0) is 16.6. The van der Waals surface area contributed by atoms with E-state index in [2.05, 4.69) is 14.8 Å². The fraction of sp³-hybridized carbons (Fsp3) is 0.200. The second-order valence-electron chi connectivity index (χ2n) is 5.27. The van der Waals surface area contributed by atoms with Crippen LogP contribution in [0.15, 0.2) is 35.5 Å². The standard InChI is InChI=1S/C15H15N5O2S/c1-10-3-4-12-13(7-10)17-9-15(12)23(21,22)19-14-8-18-20(6-5-16)11(14)2/h3-4,7-9,17,19H,6H2,1-2H3. The molecule has 0 amide bonds. The maximum atomic E-state index is 12.6. The van der Waals surface area contributed by atoms with Crippen LogP contribution in [0.3, 0.4) is 0 Å². The van der Waals surface area contributed by atoms with Gasteiger partial charge in [0.15, 0.2) is 0 Å². The van der Waals surface area contributed by atoms with Gasteiger partial charge in [-0.15, -0.1) is 0 Å². The van der Waals surface area contributed by atoms with Crippen LogP contribution in [0.2, 0.25) is 0 Å². The van der Waals surface area contributed by atoms with Gasteiger partial charge in [0.2, 0.25) is 0 Å². The number of anilines is 1. The summed E-state index contributed by atoms with van der Waals surface area (Å²) in [5.41, 5.74) is 2.76. The lowest BCUT2D eigenvalue weighted by Gasteiger charge is -2.07. The largest absolute Gasteiger partial charge is 0.360 e. The molecule has 7 nitrogen and oxygen atoms in total. The molecule has 0 bridgehead atoms. The van der Waals surface area contributed by atoms with Crippen molar-refractivity contribution in [1.82, 2.24) is 14.8 Å². The van der Waals surface area contributed by atoms with Crippen molar-refractivity contribution in [2.24, 2.45) is 0 Å². The van der Waals surface area contributed by atoms with Crippen molar-refractivity contribution in [2.45, 2.75) is 25.3 Å². The number of sulfonamides is 1. The molecule has 0 saturated carbocycles. The molecule has 0 spiro atoms. The molecule has 3 rings (SSSR count). The minimum atomic E-state index is -3.75. The number of nitrogens with one attached hydrogen (secondary N) is 2. The van der Waals surface area contributed by atoms with E-state index in [1.807, 2.05) is 25.1 Å². The van der Waals surface area contributed by atoms with E-state index in [1.54, 1.807) is 13.0 Å². The first-order valence-electron chi connectivity index (χ1n) is 6.92. The van der Waals surface area contributed by atoms with Crippen LogP contribution in [0.5, 0.6) is 0 Å². The fourth-order valence-corrected chi connectivity index (χ4v) is 3.69. The highest BCUT2D eigenvalue weighted by atomic mass is 32.2. The predicted octanol–water partition coefficient (Wildman–Crippen LogP) is 2.31. The van der Waals surface area contributed by atoms with E-state index in [4.69, 9.17) is 5.26 Å². The number of aromatic nitrogens is 3. The molecule has 1 aromatic carbocycles. The topological polar surface area (TPSA) is 104 Å². The Bertz CT molecular complexity index is 1020. The molecule has 23 heavy (non-hydrogen) atoms. The summed E-state index contributed by atoms with van der Waals surface area (Å²) in [6.45, 7) is 3.72. The van der Waals surface area contributed by atoms with Gasteiger partial charge in [0.05, 0.1) is 23.6 Å². The molecule has 118 valence electrons. The Balaban J connectivity index is 2.00. The first-order chi connectivity index (χ1) is 10.9. The van der Waals surface area contributed by atoms with Crippen LogP contribution in [0.4, 0.5) is 5.69 Å². The highest BCUT2D eigenvalue weighted by Crippen LogP contribution is 2.26. The minimum absolute atomic E-state index is 0.0694. The summed E-state index contributed by atoms with van der Waals surface area (Å²) < 4.78 is 29.3. The lowest BCUT2D eigenvalue weighted by molar-refractivity contribution is 0.602. The zero-order valence-electron chi connectivity index (χ0n) is 12.7. The Kier molecular flexibility index (Phi) is 3.58. The van der Waals surface area contributed by atoms with Gasteiger partial charge in [-0.05, 0) is 25.5 Å². The Morgan fingerprint density at radius 3 is 2.91 bits per heavy atom. The molecule has 0 unspecified atom stereocenters. The number of aryl methyl sites for hydroxylation is 1. The van der Waals surface area contributed by atoms with E-state index in [9.17, 15) is 8.42 Å². The number of fused-ring (bicyclic) bond motifs is 1. The molecule has 0 saturated heterocycles. The first kappa shape index (κ1) is 15.1. The molecule has 0 aliphatic carbocycles. The molecule has 0 atom stereocenters. The highest BCUT2D eigenvalue weighted by Gasteiger charge is 2.21. The van der Waals surface area contributed by atoms with Crippen molar-refractivity contribution in [3.8, 4) is 6.07 Å². The predicted molar refractivity (Wildman–Crippen MR) is 86.4 cm³/mol. The lowest BCUT2D eigenvalue weighted by atomic mass is 10.2. The van der Waals surface area contributed by atoms with Crippen molar-refractivity contribution in [3.63, 3.8) is 0 Å². The highest BCUT2D eigenvalue weighted by molar-refractivity contribution is 7.93. The van der Waals surface area contributed by atoms with Gasteiger partial charge in [-0.3, -0.25) is 9.40 Å². The summed E-state index contributed by atoms with van der Waals surface area (Å²) in [6.07, 6.45) is 2.88. The van der Waals surface area contributed by atoms with Crippen LogP contribution in [0.25, 0.3) is 10.9 Å². The van der Waals surface area contributed by atoms with Gasteiger partial charge in [-0.2, -0.15) is 10.4 Å². The molecule has 2 aromatic heterocycles. The van der Waals surface area contributed by atoms with Crippen molar-refractivity contribution in [3.05, 3.63) is 41.9 Å². The molecule has 8 heteroatoms. The Morgan fingerprint density at radius 2 is 2.17 bits per heavy atom. The Hall–Kier alpha value is -2.79.